The van der Waals surface area contributed by atoms with Crippen LogP contribution < -0.4 is 5.32 Å². The molecule has 24 heavy (non-hydrogen) atoms. The van der Waals surface area contributed by atoms with Crippen molar-refractivity contribution in [3.8, 4) is 0 Å². The smallest absolute Gasteiger partial charge is 0.245 e. The lowest BCUT2D eigenvalue weighted by Crippen LogP contribution is -2.42. The van der Waals surface area contributed by atoms with E-state index in [1.165, 1.54) is 12.7 Å². The second kappa shape index (κ2) is 10.1. The molecule has 1 aromatic heterocycles. The van der Waals surface area contributed by atoms with E-state index in [0.29, 0.717) is 25.6 Å². The Labute approximate surface area is 142 Å². The largest absolute Gasteiger partial charge is 0.382 e. The van der Waals surface area contributed by atoms with E-state index in [4.69, 9.17) is 9.26 Å². The molecule has 0 aliphatic heterocycles. The maximum atomic E-state index is 12.8. The van der Waals surface area contributed by atoms with Gasteiger partial charge in [-0.2, -0.15) is 0 Å². The molecule has 1 aromatic rings. The average molecular weight is 337 g/mol. The number of anilines is 1. The van der Waals surface area contributed by atoms with Gasteiger partial charge in [-0.15, -0.1) is 0 Å². The van der Waals surface area contributed by atoms with Gasteiger partial charge in [-0.3, -0.25) is 9.59 Å². The van der Waals surface area contributed by atoms with Crippen LogP contribution in [0.15, 0.2) is 16.9 Å². The Morgan fingerprint density at radius 2 is 2.17 bits per heavy atom. The summed E-state index contributed by atoms with van der Waals surface area (Å²) in [4.78, 5) is 26.6. The molecule has 2 amide bonds. The molecule has 0 saturated heterocycles. The van der Waals surface area contributed by atoms with Crippen LogP contribution in [0.4, 0.5) is 5.82 Å². The predicted molar refractivity (Wildman–Crippen MR) is 89.4 cm³/mol. The molecule has 7 heteroatoms. The zero-order valence-corrected chi connectivity index (χ0v) is 14.3. The third-order valence-corrected chi connectivity index (χ3v) is 4.23. The second-order valence-electron chi connectivity index (χ2n) is 6.08. The van der Waals surface area contributed by atoms with Crippen LogP contribution in [0.25, 0.3) is 0 Å². The first-order valence-electron chi connectivity index (χ1n) is 8.77. The lowest BCUT2D eigenvalue weighted by molar-refractivity contribution is -0.139. The van der Waals surface area contributed by atoms with Crippen molar-refractivity contribution in [3.63, 3.8) is 0 Å². The molecule has 1 aliphatic rings. The van der Waals surface area contributed by atoms with E-state index in [1.54, 1.807) is 11.0 Å². The molecule has 0 unspecified atom stereocenters. The molecule has 0 radical (unpaired) electrons. The van der Waals surface area contributed by atoms with E-state index in [1.807, 2.05) is 6.92 Å². The minimum absolute atomic E-state index is 0.0360. The van der Waals surface area contributed by atoms with Gasteiger partial charge < -0.3 is 19.5 Å². The lowest BCUT2D eigenvalue weighted by atomic mass is 9.88. The van der Waals surface area contributed by atoms with Gasteiger partial charge >= 0.3 is 0 Å². The Bertz CT molecular complexity index is 498. The van der Waals surface area contributed by atoms with Crippen LogP contribution in [0.5, 0.6) is 0 Å². The van der Waals surface area contributed by atoms with Gasteiger partial charge in [0.25, 0.3) is 0 Å². The first kappa shape index (κ1) is 18.4. The van der Waals surface area contributed by atoms with E-state index < -0.39 is 0 Å². The average Bonchev–Trinajstić information content (AvgIpc) is 3.10. The number of ether oxygens (including phenoxy) is 1. The van der Waals surface area contributed by atoms with Crippen LogP contribution in [0, 0.1) is 5.92 Å². The number of carbonyl (C=O) groups is 2. The summed E-state index contributed by atoms with van der Waals surface area (Å²) >= 11 is 0. The van der Waals surface area contributed by atoms with Crippen molar-refractivity contribution in [1.29, 1.82) is 0 Å². The van der Waals surface area contributed by atoms with Gasteiger partial charge in [0.2, 0.25) is 11.8 Å². The Hall–Kier alpha value is -1.89. The van der Waals surface area contributed by atoms with E-state index in [2.05, 4.69) is 10.5 Å². The number of aromatic nitrogens is 1. The van der Waals surface area contributed by atoms with Gasteiger partial charge in [-0.25, -0.2) is 0 Å². The van der Waals surface area contributed by atoms with Crippen LogP contribution in [0.3, 0.4) is 0 Å². The highest BCUT2D eigenvalue weighted by molar-refractivity contribution is 5.94. The standard InChI is InChI=1S/C17H27N3O4/c1-2-23-11-6-10-20(17(22)14-7-4-3-5-8-14)13-16(21)18-15-9-12-24-19-15/h9,12,14H,2-8,10-11,13H2,1H3,(H,18,19,21). The van der Waals surface area contributed by atoms with E-state index in [-0.39, 0.29) is 24.3 Å². The monoisotopic (exact) mass is 337 g/mol. The first-order chi connectivity index (χ1) is 11.7. The van der Waals surface area contributed by atoms with Gasteiger partial charge in [0.15, 0.2) is 5.82 Å². The number of hydrogen-bond acceptors (Lipinski definition) is 5. The number of nitrogens with one attached hydrogen (secondary N) is 1. The highest BCUT2D eigenvalue weighted by Crippen LogP contribution is 2.25. The Balaban J connectivity index is 1.90. The molecular formula is C17H27N3O4. The number of amides is 2. The van der Waals surface area contributed by atoms with Crippen LogP contribution in [-0.2, 0) is 14.3 Å². The zero-order valence-electron chi connectivity index (χ0n) is 14.3. The van der Waals surface area contributed by atoms with Crippen LogP contribution in [0.2, 0.25) is 0 Å². The summed E-state index contributed by atoms with van der Waals surface area (Å²) in [5.41, 5.74) is 0. The van der Waals surface area contributed by atoms with Crippen molar-refractivity contribution >= 4 is 17.6 Å². The summed E-state index contributed by atoms with van der Waals surface area (Å²) in [6, 6.07) is 1.57. The normalized spacial score (nSPS) is 15.2. The highest BCUT2D eigenvalue weighted by Gasteiger charge is 2.27. The molecule has 1 aliphatic carbocycles. The summed E-state index contributed by atoms with van der Waals surface area (Å²) in [7, 11) is 0. The van der Waals surface area contributed by atoms with Gasteiger partial charge in [0.05, 0.1) is 6.54 Å². The molecular weight excluding hydrogens is 310 g/mol. The SMILES string of the molecule is CCOCCCN(CC(=O)Nc1ccon1)C(=O)C1CCCCC1. The van der Waals surface area contributed by atoms with Crippen molar-refractivity contribution in [2.45, 2.75) is 45.4 Å². The highest BCUT2D eigenvalue weighted by atomic mass is 16.5. The summed E-state index contributed by atoms with van der Waals surface area (Å²) < 4.78 is 10.0. The fraction of sp³-hybridized carbons (Fsp3) is 0.706. The van der Waals surface area contributed by atoms with E-state index >= 15 is 0 Å². The molecule has 0 atom stereocenters. The summed E-state index contributed by atoms with van der Waals surface area (Å²) in [6.07, 6.45) is 7.34. The number of nitrogens with zero attached hydrogens (tertiary/aromatic N) is 2. The Kier molecular flexibility index (Phi) is 7.74. The zero-order chi connectivity index (χ0) is 17.2. The Morgan fingerprint density at radius 3 is 2.83 bits per heavy atom. The molecule has 1 saturated carbocycles. The summed E-state index contributed by atoms with van der Waals surface area (Å²) in [6.45, 7) is 3.76. The van der Waals surface area contributed by atoms with Crippen molar-refractivity contribution in [2.24, 2.45) is 5.92 Å². The third kappa shape index (κ3) is 5.96. The van der Waals surface area contributed by atoms with Crippen LogP contribution >= 0.6 is 0 Å². The number of carbonyl (C=O) groups excluding carboxylic acids is 2. The third-order valence-electron chi connectivity index (χ3n) is 4.23. The minimum atomic E-state index is -0.260. The molecule has 0 bridgehead atoms. The molecule has 1 fully saturated rings. The van der Waals surface area contributed by atoms with E-state index in [0.717, 1.165) is 32.1 Å². The molecule has 0 aromatic carbocycles. The van der Waals surface area contributed by atoms with Crippen molar-refractivity contribution < 1.29 is 18.8 Å². The maximum Gasteiger partial charge on any atom is 0.245 e. The quantitative estimate of drug-likeness (QED) is 0.700. The fourth-order valence-corrected chi connectivity index (χ4v) is 3.01. The van der Waals surface area contributed by atoms with Crippen molar-refractivity contribution in [3.05, 3.63) is 12.3 Å². The summed E-state index contributed by atoms with van der Waals surface area (Å²) in [5.74, 6) is 0.232. The molecule has 1 heterocycles. The van der Waals surface area contributed by atoms with Crippen molar-refractivity contribution in [2.75, 3.05) is 31.6 Å². The predicted octanol–water partition coefficient (Wildman–Crippen LogP) is 2.45. The van der Waals surface area contributed by atoms with Gasteiger partial charge in [0.1, 0.15) is 6.26 Å². The van der Waals surface area contributed by atoms with Gasteiger partial charge in [-0.1, -0.05) is 24.4 Å². The molecule has 1 N–H and O–H groups in total. The topological polar surface area (TPSA) is 84.7 Å². The Morgan fingerprint density at radius 1 is 1.38 bits per heavy atom. The molecule has 0 spiro atoms. The lowest BCUT2D eigenvalue weighted by Gasteiger charge is -2.29. The van der Waals surface area contributed by atoms with Crippen LogP contribution in [0.1, 0.15) is 45.4 Å². The number of rotatable bonds is 9. The first-order valence-corrected chi connectivity index (χ1v) is 8.77. The molecule has 7 nitrogen and oxygen atoms in total. The molecule has 2 rings (SSSR count). The molecule has 134 valence electrons. The van der Waals surface area contributed by atoms with E-state index in [9.17, 15) is 9.59 Å². The fourth-order valence-electron chi connectivity index (χ4n) is 3.01. The van der Waals surface area contributed by atoms with Crippen molar-refractivity contribution in [1.82, 2.24) is 10.1 Å². The second-order valence-corrected chi connectivity index (χ2v) is 6.08. The van der Waals surface area contributed by atoms with Gasteiger partial charge in [0, 0.05) is 31.7 Å². The van der Waals surface area contributed by atoms with Crippen LogP contribution in [-0.4, -0.2) is 48.2 Å². The number of hydrogen-bond donors (Lipinski definition) is 1. The minimum Gasteiger partial charge on any atom is -0.382 e. The summed E-state index contributed by atoms with van der Waals surface area (Å²) in [5, 5.41) is 6.30. The maximum absolute atomic E-state index is 12.8. The van der Waals surface area contributed by atoms with Gasteiger partial charge in [-0.05, 0) is 26.2 Å².